The number of carbonyl (C=O) groups excluding carboxylic acids is 1. The summed E-state index contributed by atoms with van der Waals surface area (Å²) in [5, 5.41) is 2.52. The maximum absolute atomic E-state index is 12.5. The molecular weight excluding hydrogens is 348 g/mol. The molecule has 0 saturated heterocycles. The molecule has 134 valence electrons. The van der Waals surface area contributed by atoms with Crippen molar-refractivity contribution in [1.29, 1.82) is 0 Å². The first kappa shape index (κ1) is 17.7. The van der Waals surface area contributed by atoms with Crippen LogP contribution in [-0.2, 0) is 10.0 Å². The molecule has 0 aromatic heterocycles. The number of anilines is 1. The minimum atomic E-state index is -3.70. The third kappa shape index (κ3) is 3.92. The van der Waals surface area contributed by atoms with E-state index in [0.29, 0.717) is 11.3 Å². The van der Waals surface area contributed by atoms with Gasteiger partial charge in [-0.3, -0.25) is 9.52 Å². The summed E-state index contributed by atoms with van der Waals surface area (Å²) in [6.07, 6.45) is 0. The summed E-state index contributed by atoms with van der Waals surface area (Å²) in [6.45, 7) is 0. The molecule has 0 fully saturated rings. The van der Waals surface area contributed by atoms with Crippen LogP contribution in [0.3, 0.4) is 0 Å². The second-order valence-corrected chi connectivity index (χ2v) is 7.33. The normalized spacial score (nSPS) is 11.0. The Hall–Kier alpha value is -3.12. The fourth-order valence-corrected chi connectivity index (χ4v) is 3.56. The van der Waals surface area contributed by atoms with E-state index in [4.69, 9.17) is 0 Å². The van der Waals surface area contributed by atoms with Crippen molar-refractivity contribution in [3.63, 3.8) is 0 Å². The molecule has 0 spiro atoms. The van der Waals surface area contributed by atoms with Gasteiger partial charge in [0.15, 0.2) is 0 Å². The Morgan fingerprint density at radius 3 is 1.96 bits per heavy atom. The fourth-order valence-electron chi connectivity index (χ4n) is 2.51. The lowest BCUT2D eigenvalue weighted by atomic mass is 10.1. The Bertz CT molecular complexity index is 1000. The lowest BCUT2D eigenvalue weighted by Crippen LogP contribution is -2.18. The van der Waals surface area contributed by atoms with E-state index in [2.05, 4.69) is 10.0 Å². The molecule has 2 N–H and O–H groups in total. The van der Waals surface area contributed by atoms with Crippen molar-refractivity contribution in [1.82, 2.24) is 5.32 Å². The van der Waals surface area contributed by atoms with Crippen molar-refractivity contribution in [3.05, 3.63) is 84.4 Å². The van der Waals surface area contributed by atoms with Crippen LogP contribution in [-0.4, -0.2) is 21.4 Å². The van der Waals surface area contributed by atoms with Crippen molar-refractivity contribution >= 4 is 21.6 Å². The van der Waals surface area contributed by atoms with Gasteiger partial charge in [-0.2, -0.15) is 0 Å². The standard InChI is InChI=1S/C20H18N2O3S.H2/c1-21-20(23)17-7-11-18(12-8-17)22-26(24,25)19-13-9-16(10-14-19)15-5-3-2-4-6-15;/h2-14,22H,1H3,(H,21,23);1H. The Balaban J connectivity index is 0.00000261. The van der Waals surface area contributed by atoms with Gasteiger partial charge in [0, 0.05) is 19.7 Å². The Morgan fingerprint density at radius 1 is 0.808 bits per heavy atom. The van der Waals surface area contributed by atoms with Gasteiger partial charge in [-0.25, -0.2) is 8.42 Å². The summed E-state index contributed by atoms with van der Waals surface area (Å²) < 4.78 is 27.6. The number of rotatable bonds is 5. The molecule has 5 nitrogen and oxygen atoms in total. The van der Waals surface area contributed by atoms with Crippen LogP contribution in [0, 0.1) is 0 Å². The van der Waals surface area contributed by atoms with E-state index in [1.807, 2.05) is 30.3 Å². The van der Waals surface area contributed by atoms with Crippen molar-refractivity contribution < 1.29 is 14.6 Å². The monoisotopic (exact) mass is 368 g/mol. The number of amides is 1. The van der Waals surface area contributed by atoms with Crippen LogP contribution in [0.1, 0.15) is 11.8 Å². The van der Waals surface area contributed by atoms with E-state index in [1.54, 1.807) is 48.5 Å². The quantitative estimate of drug-likeness (QED) is 0.720. The molecule has 0 heterocycles. The van der Waals surface area contributed by atoms with E-state index in [-0.39, 0.29) is 12.2 Å². The summed E-state index contributed by atoms with van der Waals surface area (Å²) in [7, 11) is -2.16. The lowest BCUT2D eigenvalue weighted by Gasteiger charge is -2.09. The van der Waals surface area contributed by atoms with Crippen molar-refractivity contribution in [2.24, 2.45) is 0 Å². The third-order valence-electron chi connectivity index (χ3n) is 3.90. The van der Waals surface area contributed by atoms with E-state index in [9.17, 15) is 13.2 Å². The molecule has 0 saturated carbocycles. The molecule has 0 atom stereocenters. The zero-order chi connectivity index (χ0) is 18.6. The molecule has 1 amide bonds. The van der Waals surface area contributed by atoms with Crippen LogP contribution in [0.5, 0.6) is 0 Å². The van der Waals surface area contributed by atoms with Crippen molar-refractivity contribution in [3.8, 4) is 11.1 Å². The van der Waals surface area contributed by atoms with Crippen molar-refractivity contribution in [2.75, 3.05) is 11.8 Å². The maximum atomic E-state index is 12.5. The first-order valence-corrected chi connectivity index (χ1v) is 9.48. The van der Waals surface area contributed by atoms with E-state index < -0.39 is 10.0 Å². The number of sulfonamides is 1. The third-order valence-corrected chi connectivity index (χ3v) is 5.30. The summed E-state index contributed by atoms with van der Waals surface area (Å²) in [4.78, 5) is 11.7. The smallest absolute Gasteiger partial charge is 0.261 e. The highest BCUT2D eigenvalue weighted by Crippen LogP contribution is 2.22. The van der Waals surface area contributed by atoms with Crippen LogP contribution >= 0.6 is 0 Å². The van der Waals surface area contributed by atoms with Crippen LogP contribution in [0.15, 0.2) is 83.8 Å². The minimum Gasteiger partial charge on any atom is -0.355 e. The van der Waals surface area contributed by atoms with Gasteiger partial charge < -0.3 is 5.32 Å². The predicted molar refractivity (Wildman–Crippen MR) is 105 cm³/mol. The fraction of sp³-hybridized carbons (Fsp3) is 0.0500. The van der Waals surface area contributed by atoms with E-state index in [0.717, 1.165) is 11.1 Å². The zero-order valence-electron chi connectivity index (χ0n) is 14.1. The van der Waals surface area contributed by atoms with Crippen LogP contribution < -0.4 is 10.0 Å². The maximum Gasteiger partial charge on any atom is 0.261 e. The van der Waals surface area contributed by atoms with Gasteiger partial charge in [-0.15, -0.1) is 0 Å². The lowest BCUT2D eigenvalue weighted by molar-refractivity contribution is 0.0963. The summed E-state index contributed by atoms with van der Waals surface area (Å²) in [5.74, 6) is -0.226. The van der Waals surface area contributed by atoms with Crippen LogP contribution in [0.2, 0.25) is 0 Å². The molecule has 0 aliphatic heterocycles. The molecule has 0 aliphatic rings. The number of carbonyl (C=O) groups is 1. The molecule has 3 rings (SSSR count). The highest BCUT2D eigenvalue weighted by molar-refractivity contribution is 7.92. The first-order valence-electron chi connectivity index (χ1n) is 8.00. The van der Waals surface area contributed by atoms with Gasteiger partial charge in [-0.1, -0.05) is 42.5 Å². The van der Waals surface area contributed by atoms with Gasteiger partial charge in [0.2, 0.25) is 0 Å². The SMILES string of the molecule is CNC(=O)c1ccc(NS(=O)(=O)c2ccc(-c3ccccc3)cc2)cc1.[HH]. The van der Waals surface area contributed by atoms with Crippen LogP contribution in [0.4, 0.5) is 5.69 Å². The second-order valence-electron chi connectivity index (χ2n) is 5.65. The van der Waals surface area contributed by atoms with Gasteiger partial charge in [0.25, 0.3) is 15.9 Å². The van der Waals surface area contributed by atoms with Gasteiger partial charge >= 0.3 is 0 Å². The second kappa shape index (κ2) is 7.41. The van der Waals surface area contributed by atoms with E-state index >= 15 is 0 Å². The molecule has 3 aromatic carbocycles. The summed E-state index contributed by atoms with van der Waals surface area (Å²) >= 11 is 0. The topological polar surface area (TPSA) is 75.3 Å². The van der Waals surface area contributed by atoms with Gasteiger partial charge in [0.1, 0.15) is 0 Å². The Kier molecular flexibility index (Phi) is 5.04. The van der Waals surface area contributed by atoms with Gasteiger partial charge in [0.05, 0.1) is 4.90 Å². The highest BCUT2D eigenvalue weighted by atomic mass is 32.2. The first-order chi connectivity index (χ1) is 12.5. The Morgan fingerprint density at radius 2 is 1.38 bits per heavy atom. The molecule has 26 heavy (non-hydrogen) atoms. The summed E-state index contributed by atoms with van der Waals surface area (Å²) in [5.41, 5.74) is 2.82. The predicted octanol–water partition coefficient (Wildman–Crippen LogP) is 3.76. The molecule has 0 unspecified atom stereocenters. The number of hydrogen-bond donors (Lipinski definition) is 2. The number of benzene rings is 3. The van der Waals surface area contributed by atoms with Gasteiger partial charge in [-0.05, 0) is 47.5 Å². The molecule has 0 aliphatic carbocycles. The molecule has 0 bridgehead atoms. The van der Waals surface area contributed by atoms with E-state index in [1.165, 1.54) is 7.05 Å². The minimum absolute atomic E-state index is 0. The zero-order valence-corrected chi connectivity index (χ0v) is 15.0. The highest BCUT2D eigenvalue weighted by Gasteiger charge is 2.14. The molecule has 6 heteroatoms. The number of hydrogen-bond acceptors (Lipinski definition) is 3. The van der Waals surface area contributed by atoms with Crippen molar-refractivity contribution in [2.45, 2.75) is 4.90 Å². The molecular formula is C20H20N2O3S. The molecule has 0 radical (unpaired) electrons. The summed E-state index contributed by atoms with van der Waals surface area (Å²) in [6, 6.07) is 22.7. The van der Waals surface area contributed by atoms with Crippen LogP contribution in [0.25, 0.3) is 11.1 Å². The average Bonchev–Trinajstić information content (AvgIpc) is 2.68. The Labute approximate surface area is 154 Å². The largest absolute Gasteiger partial charge is 0.355 e. The number of nitrogens with one attached hydrogen (secondary N) is 2. The average molecular weight is 368 g/mol. The molecule has 3 aromatic rings.